The topological polar surface area (TPSA) is 60.9 Å². The van der Waals surface area contributed by atoms with Gasteiger partial charge in [0.15, 0.2) is 0 Å². The Morgan fingerprint density at radius 1 is 1.13 bits per heavy atom. The monoisotopic (exact) mass is 447 g/mol. The highest BCUT2D eigenvalue weighted by molar-refractivity contribution is 7.92. The third kappa shape index (κ3) is 4.96. The van der Waals surface area contributed by atoms with Crippen LogP contribution < -0.4 is 9.21 Å². The second-order valence-electron chi connectivity index (χ2n) is 7.34. The van der Waals surface area contributed by atoms with Crippen molar-refractivity contribution in [2.24, 2.45) is 0 Å². The minimum absolute atomic E-state index is 0.0568. The predicted octanol–water partition coefficient (Wildman–Crippen LogP) is 3.56. The van der Waals surface area contributed by atoms with E-state index in [1.165, 1.54) is 10.4 Å². The molecule has 1 aliphatic heterocycles. The number of amides is 1. The lowest BCUT2D eigenvalue weighted by Gasteiger charge is -2.37. The van der Waals surface area contributed by atoms with Gasteiger partial charge >= 0.3 is 0 Å². The third-order valence-electron chi connectivity index (χ3n) is 5.18. The number of hydrogen-bond acceptors (Lipinski definition) is 4. The van der Waals surface area contributed by atoms with Gasteiger partial charge in [-0.05, 0) is 48.9 Å². The van der Waals surface area contributed by atoms with Gasteiger partial charge in [-0.3, -0.25) is 9.10 Å². The van der Waals surface area contributed by atoms with Crippen LogP contribution >= 0.6 is 11.6 Å². The fourth-order valence-electron chi connectivity index (χ4n) is 3.58. The van der Waals surface area contributed by atoms with Crippen LogP contribution in [0.15, 0.2) is 55.1 Å². The molecule has 2 aromatic rings. The van der Waals surface area contributed by atoms with Crippen molar-refractivity contribution in [3.63, 3.8) is 0 Å². The highest BCUT2D eigenvalue weighted by atomic mass is 35.5. The molecule has 0 bridgehead atoms. The lowest BCUT2D eigenvalue weighted by Crippen LogP contribution is -2.49. The molecule has 0 spiro atoms. The third-order valence-corrected chi connectivity index (χ3v) is 6.57. The van der Waals surface area contributed by atoms with Crippen molar-refractivity contribution in [3.05, 3.63) is 71.3 Å². The normalized spacial score (nSPS) is 14.5. The van der Waals surface area contributed by atoms with Crippen molar-refractivity contribution < 1.29 is 13.2 Å². The van der Waals surface area contributed by atoms with Gasteiger partial charge in [0, 0.05) is 42.5 Å². The standard InChI is InChI=1S/C22H26ClN3O3S/c1-4-11-26(30(3,28)29)20-9-6-18(7-10-20)22(27)25-14-12-24(13-15-25)21-16-19(23)8-5-17(21)2/h4-10,16H,1,11-15H2,2-3H3. The molecule has 160 valence electrons. The van der Waals surface area contributed by atoms with Crippen molar-refractivity contribution in [1.29, 1.82) is 0 Å². The summed E-state index contributed by atoms with van der Waals surface area (Å²) in [5.41, 5.74) is 3.31. The van der Waals surface area contributed by atoms with Crippen LogP contribution in [0.4, 0.5) is 11.4 Å². The summed E-state index contributed by atoms with van der Waals surface area (Å²) in [6, 6.07) is 12.5. The molecule has 1 fully saturated rings. The average molecular weight is 448 g/mol. The molecule has 6 nitrogen and oxygen atoms in total. The molecule has 1 saturated heterocycles. The van der Waals surface area contributed by atoms with Crippen molar-refractivity contribution in [2.45, 2.75) is 6.92 Å². The first-order valence-electron chi connectivity index (χ1n) is 9.70. The van der Waals surface area contributed by atoms with Gasteiger partial charge in [-0.25, -0.2) is 8.42 Å². The lowest BCUT2D eigenvalue weighted by molar-refractivity contribution is 0.0747. The maximum atomic E-state index is 12.9. The number of aryl methyl sites for hydroxylation is 1. The zero-order chi connectivity index (χ0) is 21.9. The molecule has 8 heteroatoms. The molecule has 2 aromatic carbocycles. The Bertz CT molecular complexity index is 1030. The molecule has 0 unspecified atom stereocenters. The highest BCUT2D eigenvalue weighted by Crippen LogP contribution is 2.26. The van der Waals surface area contributed by atoms with E-state index in [1.54, 1.807) is 24.3 Å². The van der Waals surface area contributed by atoms with Crippen molar-refractivity contribution >= 4 is 38.9 Å². The van der Waals surface area contributed by atoms with Crippen molar-refractivity contribution in [2.75, 3.05) is 48.2 Å². The molecule has 0 aliphatic carbocycles. The van der Waals surface area contributed by atoms with Crippen LogP contribution in [0, 0.1) is 6.92 Å². The molecule has 1 amide bonds. The maximum absolute atomic E-state index is 12.9. The summed E-state index contributed by atoms with van der Waals surface area (Å²) in [5, 5.41) is 0.703. The molecule has 1 aliphatic rings. The molecule has 3 rings (SSSR count). The summed E-state index contributed by atoms with van der Waals surface area (Å²) in [4.78, 5) is 17.0. The molecular formula is C22H26ClN3O3S. The van der Waals surface area contributed by atoms with Crippen LogP contribution in [-0.2, 0) is 10.0 Å². The van der Waals surface area contributed by atoms with Crippen LogP contribution in [0.25, 0.3) is 0 Å². The average Bonchev–Trinajstić information content (AvgIpc) is 2.73. The number of hydrogen-bond donors (Lipinski definition) is 0. The highest BCUT2D eigenvalue weighted by Gasteiger charge is 2.24. The molecule has 0 saturated carbocycles. The number of rotatable bonds is 6. The number of nitrogens with zero attached hydrogens (tertiary/aromatic N) is 3. The Kier molecular flexibility index (Phi) is 6.73. The van der Waals surface area contributed by atoms with Crippen LogP contribution in [0.1, 0.15) is 15.9 Å². The number of halogens is 1. The number of anilines is 2. The fraction of sp³-hybridized carbons (Fsp3) is 0.318. The van der Waals surface area contributed by atoms with E-state index in [0.717, 1.165) is 30.6 Å². The minimum Gasteiger partial charge on any atom is -0.368 e. The second kappa shape index (κ2) is 9.10. The van der Waals surface area contributed by atoms with Gasteiger partial charge in [0.05, 0.1) is 18.5 Å². The zero-order valence-corrected chi connectivity index (χ0v) is 18.8. The Hall–Kier alpha value is -2.51. The van der Waals surface area contributed by atoms with Gasteiger partial charge in [0.25, 0.3) is 5.91 Å². The van der Waals surface area contributed by atoms with E-state index in [4.69, 9.17) is 11.6 Å². The Morgan fingerprint density at radius 2 is 1.77 bits per heavy atom. The fourth-order valence-corrected chi connectivity index (χ4v) is 4.62. The Balaban J connectivity index is 1.68. The summed E-state index contributed by atoms with van der Waals surface area (Å²) < 4.78 is 25.2. The Labute approximate surface area is 183 Å². The van der Waals surface area contributed by atoms with Crippen LogP contribution in [0.2, 0.25) is 5.02 Å². The van der Waals surface area contributed by atoms with Gasteiger partial charge < -0.3 is 9.80 Å². The molecule has 0 atom stereocenters. The molecular weight excluding hydrogens is 422 g/mol. The van der Waals surface area contributed by atoms with E-state index in [0.29, 0.717) is 29.4 Å². The number of benzene rings is 2. The van der Waals surface area contributed by atoms with E-state index < -0.39 is 10.0 Å². The van der Waals surface area contributed by atoms with Crippen molar-refractivity contribution in [3.8, 4) is 0 Å². The first kappa shape index (κ1) is 22.2. The minimum atomic E-state index is -3.42. The molecule has 0 N–H and O–H groups in total. The predicted molar refractivity (Wildman–Crippen MR) is 123 cm³/mol. The maximum Gasteiger partial charge on any atom is 0.253 e. The molecule has 0 aromatic heterocycles. The van der Waals surface area contributed by atoms with Gasteiger partial charge in [-0.2, -0.15) is 0 Å². The van der Waals surface area contributed by atoms with Gasteiger partial charge in [-0.1, -0.05) is 23.7 Å². The van der Waals surface area contributed by atoms with Crippen LogP contribution in [0.5, 0.6) is 0 Å². The summed E-state index contributed by atoms with van der Waals surface area (Å²) >= 11 is 6.14. The van der Waals surface area contributed by atoms with E-state index >= 15 is 0 Å². The van der Waals surface area contributed by atoms with E-state index in [-0.39, 0.29) is 12.5 Å². The summed E-state index contributed by atoms with van der Waals surface area (Å²) in [6.45, 7) is 8.51. The van der Waals surface area contributed by atoms with Gasteiger partial charge in [0.2, 0.25) is 10.0 Å². The van der Waals surface area contributed by atoms with E-state index in [1.807, 2.05) is 23.1 Å². The summed E-state index contributed by atoms with van der Waals surface area (Å²) in [5.74, 6) is -0.0568. The summed E-state index contributed by atoms with van der Waals surface area (Å²) in [7, 11) is -3.42. The number of carbonyl (C=O) groups is 1. The number of carbonyl (C=O) groups excluding carboxylic acids is 1. The number of piperazine rings is 1. The van der Waals surface area contributed by atoms with Gasteiger partial charge in [0.1, 0.15) is 0 Å². The van der Waals surface area contributed by atoms with Crippen molar-refractivity contribution in [1.82, 2.24) is 4.90 Å². The second-order valence-corrected chi connectivity index (χ2v) is 9.68. The first-order chi connectivity index (χ1) is 14.2. The summed E-state index contributed by atoms with van der Waals surface area (Å²) in [6.07, 6.45) is 2.68. The van der Waals surface area contributed by atoms with E-state index in [9.17, 15) is 13.2 Å². The molecule has 0 radical (unpaired) electrons. The van der Waals surface area contributed by atoms with Crippen LogP contribution in [0.3, 0.4) is 0 Å². The smallest absolute Gasteiger partial charge is 0.253 e. The Morgan fingerprint density at radius 3 is 2.33 bits per heavy atom. The SMILES string of the molecule is C=CCN(c1ccc(C(=O)N2CCN(c3cc(Cl)ccc3C)CC2)cc1)S(C)(=O)=O. The first-order valence-corrected chi connectivity index (χ1v) is 11.9. The zero-order valence-electron chi connectivity index (χ0n) is 17.2. The lowest BCUT2D eigenvalue weighted by atomic mass is 10.1. The quantitative estimate of drug-likeness (QED) is 0.635. The van der Waals surface area contributed by atoms with Crippen LogP contribution in [-0.4, -0.2) is 58.2 Å². The molecule has 30 heavy (non-hydrogen) atoms. The molecule has 1 heterocycles. The van der Waals surface area contributed by atoms with E-state index in [2.05, 4.69) is 18.4 Å². The van der Waals surface area contributed by atoms with Gasteiger partial charge in [-0.15, -0.1) is 6.58 Å². The largest absolute Gasteiger partial charge is 0.368 e. The number of sulfonamides is 1.